The van der Waals surface area contributed by atoms with Gasteiger partial charge in [-0.15, -0.1) is 0 Å². The number of rotatable bonds is 3. The monoisotopic (exact) mass is 266 g/mol. The highest BCUT2D eigenvalue weighted by Crippen LogP contribution is 2.41. The third-order valence-corrected chi connectivity index (χ3v) is 4.39. The van der Waals surface area contributed by atoms with E-state index >= 15 is 0 Å². The number of aliphatic carboxylic acids is 1. The summed E-state index contributed by atoms with van der Waals surface area (Å²) in [5, 5.41) is 10.3. The molecule has 2 rings (SSSR count). The standard InChI is InChI=1S/C15H19ClO2/c1-11-6-8-15(9-7-11,14(17)18)10-12-2-4-13(16)5-3-12/h2-5,11H,6-10H2,1H3,(H,17,18). The molecule has 0 aromatic heterocycles. The summed E-state index contributed by atoms with van der Waals surface area (Å²) in [5.74, 6) is 0.00652. The average molecular weight is 267 g/mol. The summed E-state index contributed by atoms with van der Waals surface area (Å²) in [7, 11) is 0. The summed E-state index contributed by atoms with van der Waals surface area (Å²) in [6.45, 7) is 2.20. The van der Waals surface area contributed by atoms with Crippen molar-refractivity contribution in [2.24, 2.45) is 11.3 Å². The smallest absolute Gasteiger partial charge is 0.309 e. The molecule has 1 aliphatic carbocycles. The first-order valence-electron chi connectivity index (χ1n) is 6.50. The molecule has 0 unspecified atom stereocenters. The van der Waals surface area contributed by atoms with Crippen molar-refractivity contribution in [3.8, 4) is 0 Å². The van der Waals surface area contributed by atoms with Gasteiger partial charge in [-0.25, -0.2) is 0 Å². The molecule has 2 nitrogen and oxygen atoms in total. The van der Waals surface area contributed by atoms with Crippen LogP contribution in [0.5, 0.6) is 0 Å². The first-order valence-corrected chi connectivity index (χ1v) is 6.87. The molecular weight excluding hydrogens is 248 g/mol. The predicted octanol–water partition coefficient (Wildman–Crippen LogP) is 4.16. The molecule has 1 aromatic carbocycles. The fourth-order valence-electron chi connectivity index (χ4n) is 2.77. The Balaban J connectivity index is 2.16. The number of carbonyl (C=O) groups is 1. The van der Waals surface area contributed by atoms with Crippen LogP contribution in [0.4, 0.5) is 0 Å². The number of hydrogen-bond donors (Lipinski definition) is 1. The van der Waals surface area contributed by atoms with Crippen LogP contribution in [0.2, 0.25) is 5.02 Å². The number of hydrogen-bond acceptors (Lipinski definition) is 1. The second kappa shape index (κ2) is 5.31. The van der Waals surface area contributed by atoms with Gasteiger partial charge in [0.1, 0.15) is 0 Å². The topological polar surface area (TPSA) is 37.3 Å². The summed E-state index contributed by atoms with van der Waals surface area (Å²) in [6, 6.07) is 7.53. The van der Waals surface area contributed by atoms with Crippen LogP contribution in [0.15, 0.2) is 24.3 Å². The summed E-state index contributed by atoms with van der Waals surface area (Å²) in [6.07, 6.45) is 4.21. The van der Waals surface area contributed by atoms with Gasteiger partial charge in [-0.2, -0.15) is 0 Å². The Morgan fingerprint density at radius 1 is 1.33 bits per heavy atom. The van der Waals surface area contributed by atoms with E-state index in [1.165, 1.54) is 0 Å². The molecular formula is C15H19ClO2. The molecule has 0 radical (unpaired) electrons. The summed E-state index contributed by atoms with van der Waals surface area (Å²) in [4.78, 5) is 11.6. The van der Waals surface area contributed by atoms with Crippen molar-refractivity contribution in [1.82, 2.24) is 0 Å². The van der Waals surface area contributed by atoms with Gasteiger partial charge < -0.3 is 5.11 Å². The largest absolute Gasteiger partial charge is 0.481 e. The Bertz CT molecular complexity index is 417. The fourth-order valence-corrected chi connectivity index (χ4v) is 2.90. The third-order valence-electron chi connectivity index (χ3n) is 4.14. The summed E-state index contributed by atoms with van der Waals surface area (Å²) >= 11 is 5.85. The highest BCUT2D eigenvalue weighted by Gasteiger charge is 2.41. The zero-order chi connectivity index (χ0) is 13.2. The Morgan fingerprint density at radius 2 is 1.89 bits per heavy atom. The van der Waals surface area contributed by atoms with Gasteiger partial charge in [-0.3, -0.25) is 4.79 Å². The van der Waals surface area contributed by atoms with Crippen molar-refractivity contribution >= 4 is 17.6 Å². The Kier molecular flexibility index (Phi) is 3.96. The molecule has 0 bridgehead atoms. The molecule has 0 atom stereocenters. The van der Waals surface area contributed by atoms with Crippen LogP contribution in [0, 0.1) is 11.3 Å². The van der Waals surface area contributed by atoms with Crippen LogP contribution in [-0.4, -0.2) is 11.1 Å². The average Bonchev–Trinajstić information content (AvgIpc) is 2.35. The van der Waals surface area contributed by atoms with Crippen molar-refractivity contribution in [2.45, 2.75) is 39.0 Å². The van der Waals surface area contributed by atoms with Gasteiger partial charge in [0.25, 0.3) is 0 Å². The quantitative estimate of drug-likeness (QED) is 0.892. The molecule has 0 saturated heterocycles. The molecule has 1 saturated carbocycles. The lowest BCUT2D eigenvalue weighted by atomic mass is 9.68. The zero-order valence-electron chi connectivity index (χ0n) is 10.7. The lowest BCUT2D eigenvalue weighted by Crippen LogP contribution is -2.37. The van der Waals surface area contributed by atoms with Gasteiger partial charge in [0, 0.05) is 5.02 Å². The number of halogens is 1. The van der Waals surface area contributed by atoms with E-state index in [0.717, 1.165) is 31.2 Å². The van der Waals surface area contributed by atoms with Gasteiger partial charge >= 0.3 is 5.97 Å². The lowest BCUT2D eigenvalue weighted by Gasteiger charge is -2.36. The Morgan fingerprint density at radius 3 is 2.39 bits per heavy atom. The van der Waals surface area contributed by atoms with E-state index in [0.29, 0.717) is 17.4 Å². The van der Waals surface area contributed by atoms with Crippen LogP contribution in [0.1, 0.15) is 38.2 Å². The van der Waals surface area contributed by atoms with Crippen molar-refractivity contribution in [3.63, 3.8) is 0 Å². The highest BCUT2D eigenvalue weighted by atomic mass is 35.5. The number of carboxylic acid groups (broad SMARTS) is 1. The van der Waals surface area contributed by atoms with Gasteiger partial charge in [0.15, 0.2) is 0 Å². The highest BCUT2D eigenvalue weighted by molar-refractivity contribution is 6.30. The van der Waals surface area contributed by atoms with E-state index in [1.54, 1.807) is 0 Å². The first-order chi connectivity index (χ1) is 8.52. The van der Waals surface area contributed by atoms with E-state index in [-0.39, 0.29) is 0 Å². The van der Waals surface area contributed by atoms with Gasteiger partial charge in [0.05, 0.1) is 5.41 Å². The molecule has 0 heterocycles. The van der Waals surface area contributed by atoms with Crippen molar-refractivity contribution < 1.29 is 9.90 Å². The minimum absolute atomic E-state index is 0.569. The van der Waals surface area contributed by atoms with Crippen LogP contribution in [-0.2, 0) is 11.2 Å². The van der Waals surface area contributed by atoms with E-state index in [1.807, 2.05) is 24.3 Å². The minimum Gasteiger partial charge on any atom is -0.481 e. The summed E-state index contributed by atoms with van der Waals surface area (Å²) < 4.78 is 0. The van der Waals surface area contributed by atoms with Crippen LogP contribution in [0.3, 0.4) is 0 Å². The Labute approximate surface area is 113 Å². The third kappa shape index (κ3) is 2.86. The molecule has 0 spiro atoms. The molecule has 0 aliphatic heterocycles. The van der Waals surface area contributed by atoms with Gasteiger partial charge in [-0.05, 0) is 55.7 Å². The maximum atomic E-state index is 11.6. The van der Waals surface area contributed by atoms with Gasteiger partial charge in [0.2, 0.25) is 0 Å². The zero-order valence-corrected chi connectivity index (χ0v) is 11.4. The van der Waals surface area contributed by atoms with Crippen LogP contribution >= 0.6 is 11.6 Å². The van der Waals surface area contributed by atoms with Crippen molar-refractivity contribution in [1.29, 1.82) is 0 Å². The first kappa shape index (κ1) is 13.4. The molecule has 1 N–H and O–H groups in total. The van der Waals surface area contributed by atoms with E-state index in [4.69, 9.17) is 11.6 Å². The number of benzene rings is 1. The van der Waals surface area contributed by atoms with Crippen LogP contribution in [0.25, 0.3) is 0 Å². The SMILES string of the molecule is CC1CCC(Cc2ccc(Cl)cc2)(C(=O)O)CC1. The molecule has 18 heavy (non-hydrogen) atoms. The summed E-state index contributed by atoms with van der Waals surface area (Å²) in [5.41, 5.74) is 0.497. The predicted molar refractivity (Wildman–Crippen MR) is 72.9 cm³/mol. The molecule has 3 heteroatoms. The molecule has 0 amide bonds. The van der Waals surface area contributed by atoms with E-state index in [9.17, 15) is 9.90 Å². The molecule has 98 valence electrons. The maximum Gasteiger partial charge on any atom is 0.309 e. The minimum atomic E-state index is -0.649. The molecule has 1 aliphatic rings. The maximum absolute atomic E-state index is 11.6. The van der Waals surface area contributed by atoms with E-state index in [2.05, 4.69) is 6.92 Å². The molecule has 1 aromatic rings. The van der Waals surface area contributed by atoms with Gasteiger partial charge in [-0.1, -0.05) is 30.7 Å². The molecule has 1 fully saturated rings. The second-order valence-electron chi connectivity index (χ2n) is 5.57. The number of carboxylic acids is 1. The normalized spacial score (nSPS) is 28.0. The fraction of sp³-hybridized carbons (Fsp3) is 0.533. The second-order valence-corrected chi connectivity index (χ2v) is 6.01. The van der Waals surface area contributed by atoms with E-state index < -0.39 is 11.4 Å². The Hall–Kier alpha value is -1.02. The lowest BCUT2D eigenvalue weighted by molar-refractivity contribution is -0.151. The van der Waals surface area contributed by atoms with Crippen LogP contribution < -0.4 is 0 Å². The van der Waals surface area contributed by atoms with Crippen molar-refractivity contribution in [3.05, 3.63) is 34.9 Å². The van der Waals surface area contributed by atoms with Crippen molar-refractivity contribution in [2.75, 3.05) is 0 Å².